The minimum atomic E-state index is -4.24. The summed E-state index contributed by atoms with van der Waals surface area (Å²) in [4.78, 5) is 19.1. The topological polar surface area (TPSA) is 204 Å². The number of aromatic hydroxyl groups is 1. The number of fused-ring (bicyclic) bond motifs is 2. The number of hydrogen-bond acceptors (Lipinski definition) is 11. The molecule has 0 atom stereocenters. The first-order valence-corrected chi connectivity index (χ1v) is 10.8. The number of nitrogens with zero attached hydrogens (tertiary/aromatic N) is 1. The Morgan fingerprint density at radius 2 is 1.53 bits per heavy atom. The van der Waals surface area contributed by atoms with Crippen molar-refractivity contribution in [3.8, 4) is 5.75 Å². The van der Waals surface area contributed by atoms with Gasteiger partial charge >= 0.3 is 20.2 Å². The molecule has 12 nitrogen and oxygen atoms in total. The monoisotopic (exact) mass is 452 g/mol. The fourth-order valence-corrected chi connectivity index (χ4v) is 4.23. The van der Waals surface area contributed by atoms with Crippen LogP contribution in [0, 0.1) is 0 Å². The molecule has 2 heterocycles. The van der Waals surface area contributed by atoms with Gasteiger partial charge in [0, 0.05) is 10.9 Å². The van der Waals surface area contributed by atoms with Crippen LogP contribution in [0.3, 0.4) is 0 Å². The van der Waals surface area contributed by atoms with E-state index in [4.69, 9.17) is 11.8 Å². The molecule has 2 aromatic carbocycles. The highest BCUT2D eigenvalue weighted by molar-refractivity contribution is 7.87. The number of ketones is 1. The van der Waals surface area contributed by atoms with Crippen LogP contribution in [0.15, 0.2) is 51.2 Å². The van der Waals surface area contributed by atoms with E-state index in [1.807, 2.05) is 0 Å². The fraction of sp³-hybridized carbons (Fsp3) is 0. The number of H-pyrrole nitrogens is 1. The smallest absolute Gasteiger partial charge is 0.312 e. The minimum absolute atomic E-state index is 0.0408. The fourth-order valence-electron chi connectivity index (χ4n) is 3.01. The second-order valence-corrected chi connectivity index (χ2v) is 9.27. The zero-order valence-electron chi connectivity index (χ0n) is 14.7. The molecule has 0 saturated heterocycles. The average molecular weight is 452 g/mol. The lowest BCUT2D eigenvalue weighted by Crippen LogP contribution is -2.14. The van der Waals surface area contributed by atoms with Crippen molar-refractivity contribution in [1.82, 2.24) is 4.98 Å². The Balaban J connectivity index is 1.81. The van der Waals surface area contributed by atoms with Crippen molar-refractivity contribution in [1.29, 1.82) is 0 Å². The summed E-state index contributed by atoms with van der Waals surface area (Å²) in [6.07, 6.45) is 0. The van der Waals surface area contributed by atoms with Crippen molar-refractivity contribution in [2.75, 3.05) is 0 Å². The van der Waals surface area contributed by atoms with Gasteiger partial charge in [-0.25, -0.2) is 4.99 Å². The molecule has 156 valence electrons. The van der Waals surface area contributed by atoms with E-state index in [1.165, 1.54) is 18.2 Å². The zero-order chi connectivity index (χ0) is 21.8. The largest absolute Gasteiger partial charge is 0.505 e. The molecule has 0 bridgehead atoms. The summed E-state index contributed by atoms with van der Waals surface area (Å²) < 4.78 is 55.0. The predicted octanol–water partition coefficient (Wildman–Crippen LogP) is 0.349. The van der Waals surface area contributed by atoms with Crippen molar-refractivity contribution < 1.29 is 35.3 Å². The Hall–Kier alpha value is -3.14. The molecule has 0 spiro atoms. The summed E-state index contributed by atoms with van der Waals surface area (Å²) in [5, 5.41) is 10.6. The Morgan fingerprint density at radius 3 is 2.17 bits per heavy atom. The number of aromatic amines is 1. The Labute approximate surface area is 168 Å². The highest BCUT2D eigenvalue weighted by Gasteiger charge is 2.31. The van der Waals surface area contributed by atoms with E-state index in [9.17, 15) is 26.7 Å². The van der Waals surface area contributed by atoms with Crippen molar-refractivity contribution >= 4 is 48.3 Å². The molecule has 4 rings (SSSR count). The number of nitrogens with one attached hydrogen (secondary N) is 1. The molecule has 0 unspecified atom stereocenters. The van der Waals surface area contributed by atoms with Gasteiger partial charge in [0.1, 0.15) is 11.4 Å². The summed E-state index contributed by atoms with van der Waals surface area (Å²) in [7, 11) is -8.45. The highest BCUT2D eigenvalue weighted by atomic mass is 32.2. The average Bonchev–Trinajstić information content (AvgIpc) is 3.24. The summed E-state index contributed by atoms with van der Waals surface area (Å²) in [5.41, 5.74) is 0.171. The van der Waals surface area contributed by atoms with Crippen molar-refractivity contribution in [2.45, 2.75) is 9.79 Å². The number of aromatic nitrogens is 1. The van der Waals surface area contributed by atoms with E-state index in [-0.39, 0.29) is 37.8 Å². The van der Waals surface area contributed by atoms with Crippen LogP contribution in [-0.2, 0) is 28.8 Å². The van der Waals surface area contributed by atoms with Gasteiger partial charge in [-0.1, -0.05) is 0 Å². The molecule has 30 heavy (non-hydrogen) atoms. The van der Waals surface area contributed by atoms with Crippen LogP contribution in [-0.4, -0.2) is 38.4 Å². The van der Waals surface area contributed by atoms with E-state index in [1.54, 1.807) is 0 Å². The number of nitrogens with two attached hydrogens (primary N) is 2. The number of carbonyl (C=O) groups excluding carboxylic acids is 1. The maximum atomic E-state index is 12.8. The molecular weight excluding hydrogens is 440 g/mol. The molecule has 3 aromatic rings. The molecule has 1 aliphatic heterocycles. The van der Waals surface area contributed by atoms with Gasteiger partial charge in [0.05, 0.1) is 21.0 Å². The first-order valence-electron chi connectivity index (χ1n) is 7.98. The number of benzene rings is 2. The van der Waals surface area contributed by atoms with Crippen LogP contribution in [0.2, 0.25) is 0 Å². The number of aliphatic imine (C=N–C) groups is 1. The minimum Gasteiger partial charge on any atom is -0.505 e. The number of Topliss-reactive ketones (excluding diaryl/α,β-unsaturated/α-hetero) is 1. The van der Waals surface area contributed by atoms with Gasteiger partial charge in [-0.05, 0) is 36.4 Å². The Morgan fingerprint density at radius 1 is 0.933 bits per heavy atom. The Bertz CT molecular complexity index is 1470. The molecule has 0 radical (unpaired) electrons. The second-order valence-electron chi connectivity index (χ2n) is 6.13. The van der Waals surface area contributed by atoms with E-state index in [2.05, 4.69) is 18.5 Å². The van der Waals surface area contributed by atoms with Gasteiger partial charge in [0.2, 0.25) is 5.78 Å². The van der Waals surface area contributed by atoms with Crippen LogP contribution in [0.1, 0.15) is 16.1 Å². The third-order valence-corrected chi connectivity index (χ3v) is 6.64. The molecule has 6 N–H and O–H groups in total. The maximum Gasteiger partial charge on any atom is 0.312 e. The third-order valence-electron chi connectivity index (χ3n) is 4.47. The normalized spacial score (nSPS) is 14.2. The van der Waals surface area contributed by atoms with Gasteiger partial charge in [-0.3, -0.25) is 4.79 Å². The molecule has 1 aliphatic rings. The molecule has 0 fully saturated rings. The lowest BCUT2D eigenvalue weighted by molar-refractivity contribution is 0.106. The number of carbonyl (C=O) groups is 1. The standard InChI is InChI=1S/C16H12N4O8S2/c17-27-29(23,24)7-1-3-11-9(5-7)15(21)13(19-11)14-16(22)10-6-8(30(25,26)28-18)2-4-12(10)20-14/h1-6,19,21H,17-18H2. The van der Waals surface area contributed by atoms with Gasteiger partial charge in [-0.2, -0.15) is 37.2 Å². The molecule has 0 amide bonds. The summed E-state index contributed by atoms with van der Waals surface area (Å²) in [6, 6.07) is 7.16. The van der Waals surface area contributed by atoms with Gasteiger partial charge < -0.3 is 10.1 Å². The Kier molecular flexibility index (Phi) is 4.50. The van der Waals surface area contributed by atoms with Crippen LogP contribution < -0.4 is 11.8 Å². The number of rotatable bonds is 5. The van der Waals surface area contributed by atoms with E-state index in [0.29, 0.717) is 5.52 Å². The van der Waals surface area contributed by atoms with Crippen molar-refractivity contribution in [3.05, 3.63) is 47.7 Å². The molecule has 14 heteroatoms. The first-order chi connectivity index (χ1) is 14.1. The summed E-state index contributed by atoms with van der Waals surface area (Å²) in [6.45, 7) is 0. The van der Waals surface area contributed by atoms with Crippen LogP contribution in [0.5, 0.6) is 5.75 Å². The lowest BCUT2D eigenvalue weighted by atomic mass is 10.1. The zero-order valence-corrected chi connectivity index (χ0v) is 16.3. The van der Waals surface area contributed by atoms with Crippen molar-refractivity contribution in [3.63, 3.8) is 0 Å². The van der Waals surface area contributed by atoms with E-state index >= 15 is 0 Å². The SMILES string of the molecule is NOS(=O)(=O)c1ccc2c(c1)C(=O)C(c1[nH]c3ccc(S(=O)(=O)ON)cc3c1O)=N2. The van der Waals surface area contributed by atoms with Crippen LogP contribution in [0.4, 0.5) is 5.69 Å². The number of hydrogen-bond donors (Lipinski definition) is 4. The first kappa shape index (κ1) is 20.1. The summed E-state index contributed by atoms with van der Waals surface area (Å²) in [5.74, 6) is 8.42. The molecule has 1 aromatic heterocycles. The van der Waals surface area contributed by atoms with E-state index in [0.717, 1.165) is 18.2 Å². The molecule has 0 saturated carbocycles. The lowest BCUT2D eigenvalue weighted by Gasteiger charge is -2.02. The third kappa shape index (κ3) is 2.98. The molecule has 0 aliphatic carbocycles. The van der Waals surface area contributed by atoms with Crippen LogP contribution >= 0.6 is 0 Å². The second kappa shape index (κ2) is 6.69. The predicted molar refractivity (Wildman–Crippen MR) is 102 cm³/mol. The summed E-state index contributed by atoms with van der Waals surface area (Å²) >= 11 is 0. The maximum absolute atomic E-state index is 12.8. The van der Waals surface area contributed by atoms with E-state index < -0.39 is 31.8 Å². The highest BCUT2D eigenvalue weighted by Crippen LogP contribution is 2.36. The van der Waals surface area contributed by atoms with Crippen molar-refractivity contribution in [2.24, 2.45) is 16.8 Å². The quantitative estimate of drug-likeness (QED) is 0.391. The van der Waals surface area contributed by atoms with Gasteiger partial charge in [0.25, 0.3) is 0 Å². The van der Waals surface area contributed by atoms with Crippen LogP contribution in [0.25, 0.3) is 10.9 Å². The molecular formula is C16H12N4O8S2. The van der Waals surface area contributed by atoms with Gasteiger partial charge in [-0.15, -0.1) is 0 Å². The van der Waals surface area contributed by atoms with Gasteiger partial charge in [0.15, 0.2) is 5.75 Å².